The predicted octanol–water partition coefficient (Wildman–Crippen LogP) is 3.90. The Balaban J connectivity index is 1.73. The van der Waals surface area contributed by atoms with Crippen LogP contribution in [0, 0.1) is 0 Å². The lowest BCUT2D eigenvalue weighted by Gasteiger charge is -2.15. The summed E-state index contributed by atoms with van der Waals surface area (Å²) in [6, 6.07) is 3.80. The van der Waals surface area contributed by atoms with Crippen LogP contribution in [-0.4, -0.2) is 30.8 Å². The van der Waals surface area contributed by atoms with E-state index in [-0.39, 0.29) is 10.0 Å². The summed E-state index contributed by atoms with van der Waals surface area (Å²) in [4.78, 5) is 24.7. The number of halogens is 3. The lowest BCUT2D eigenvalue weighted by Crippen LogP contribution is -2.32. The maximum atomic E-state index is 12.3. The average molecular weight is 413 g/mol. The zero-order valence-corrected chi connectivity index (χ0v) is 15.6. The highest BCUT2D eigenvalue weighted by Crippen LogP contribution is 2.35. The molecule has 0 saturated heterocycles. The number of rotatable bonds is 4. The number of benzene rings is 1. The van der Waals surface area contributed by atoms with Crippen LogP contribution in [0.2, 0.25) is 15.1 Å². The van der Waals surface area contributed by atoms with E-state index >= 15 is 0 Å². The molecule has 1 aromatic carbocycles. The van der Waals surface area contributed by atoms with Crippen LogP contribution < -0.4 is 10.6 Å². The van der Waals surface area contributed by atoms with Crippen LogP contribution in [0.25, 0.3) is 5.95 Å². The second kappa shape index (κ2) is 7.86. The molecule has 26 heavy (non-hydrogen) atoms. The molecule has 2 amide bonds. The van der Waals surface area contributed by atoms with Gasteiger partial charge in [-0.3, -0.25) is 0 Å². The minimum absolute atomic E-state index is 0.155. The molecule has 0 radical (unpaired) electrons. The Morgan fingerprint density at radius 3 is 2.58 bits per heavy atom. The molecular formula is C15H12Cl3N7O. The number of urea groups is 1. The maximum Gasteiger partial charge on any atom is 0.319 e. The molecule has 1 atom stereocenters. The first-order chi connectivity index (χ1) is 12.5. The summed E-state index contributed by atoms with van der Waals surface area (Å²) >= 11 is 17.9. The second-order valence-electron chi connectivity index (χ2n) is 5.12. The van der Waals surface area contributed by atoms with Gasteiger partial charge in [-0.05, 0) is 25.1 Å². The molecule has 0 aliphatic rings. The maximum absolute atomic E-state index is 12.3. The fourth-order valence-corrected chi connectivity index (χ4v) is 2.73. The topological polar surface area (TPSA) is 97.6 Å². The van der Waals surface area contributed by atoms with Crippen LogP contribution in [0.15, 0.2) is 36.9 Å². The Kier molecular flexibility index (Phi) is 5.55. The Morgan fingerprint density at radius 2 is 1.85 bits per heavy atom. The van der Waals surface area contributed by atoms with Gasteiger partial charge in [-0.15, -0.1) is 0 Å². The number of amides is 2. The minimum Gasteiger partial charge on any atom is -0.328 e. The lowest BCUT2D eigenvalue weighted by molar-refractivity contribution is 0.248. The van der Waals surface area contributed by atoms with Crippen LogP contribution in [0.5, 0.6) is 0 Å². The Hall–Kier alpha value is -2.42. The summed E-state index contributed by atoms with van der Waals surface area (Å²) in [6.07, 6.45) is 4.54. The standard InChI is InChI=1S/C15H12Cl3N7O/c1-8(13-21-7-22-25(13)14-19-5-2-6-20-14)23-15(26)24-10-4-3-9(16)11(17)12(10)18/h2-8H,1H3,(H2,23,24,26)/t8-/m0/s1. The molecule has 0 aliphatic carbocycles. The van der Waals surface area contributed by atoms with Gasteiger partial charge in [0.15, 0.2) is 5.82 Å². The van der Waals surface area contributed by atoms with E-state index in [1.807, 2.05) is 0 Å². The molecule has 0 saturated carbocycles. The molecular weight excluding hydrogens is 401 g/mol. The van der Waals surface area contributed by atoms with Crippen molar-refractivity contribution in [1.82, 2.24) is 30.0 Å². The Morgan fingerprint density at radius 1 is 1.12 bits per heavy atom. The van der Waals surface area contributed by atoms with E-state index in [0.29, 0.717) is 22.5 Å². The number of carbonyl (C=O) groups is 1. The van der Waals surface area contributed by atoms with Crippen molar-refractivity contribution in [3.8, 4) is 5.95 Å². The smallest absolute Gasteiger partial charge is 0.319 e. The zero-order chi connectivity index (χ0) is 18.7. The molecule has 0 aliphatic heterocycles. The highest BCUT2D eigenvalue weighted by molar-refractivity contribution is 6.49. The molecule has 8 nitrogen and oxygen atoms in total. The van der Waals surface area contributed by atoms with E-state index in [1.54, 1.807) is 31.5 Å². The van der Waals surface area contributed by atoms with Gasteiger partial charge in [-0.2, -0.15) is 9.78 Å². The summed E-state index contributed by atoms with van der Waals surface area (Å²) in [5, 5.41) is 10.1. The molecule has 134 valence electrons. The highest BCUT2D eigenvalue weighted by Gasteiger charge is 2.19. The lowest BCUT2D eigenvalue weighted by atomic mass is 10.3. The fraction of sp³-hybridized carbons (Fsp3) is 0.133. The molecule has 2 heterocycles. The molecule has 0 unspecified atom stereocenters. The quantitative estimate of drug-likeness (QED) is 0.633. The van der Waals surface area contributed by atoms with Crippen molar-refractivity contribution < 1.29 is 4.79 Å². The summed E-state index contributed by atoms with van der Waals surface area (Å²) in [5.74, 6) is 0.813. The predicted molar refractivity (Wildman–Crippen MR) is 99.0 cm³/mol. The van der Waals surface area contributed by atoms with E-state index < -0.39 is 12.1 Å². The third-order valence-electron chi connectivity index (χ3n) is 3.33. The normalized spacial score (nSPS) is 11.8. The molecule has 0 fully saturated rings. The van der Waals surface area contributed by atoms with Gasteiger partial charge in [0.2, 0.25) is 0 Å². The van der Waals surface area contributed by atoms with Crippen molar-refractivity contribution in [3.63, 3.8) is 0 Å². The summed E-state index contributed by atoms with van der Waals surface area (Å²) in [5.41, 5.74) is 0.332. The van der Waals surface area contributed by atoms with Gasteiger partial charge in [0, 0.05) is 12.4 Å². The number of aromatic nitrogens is 5. The molecule has 0 bridgehead atoms. The van der Waals surface area contributed by atoms with Gasteiger partial charge in [-0.25, -0.2) is 19.7 Å². The van der Waals surface area contributed by atoms with Gasteiger partial charge in [0.1, 0.15) is 6.33 Å². The molecule has 11 heteroatoms. The van der Waals surface area contributed by atoms with Crippen LogP contribution in [-0.2, 0) is 0 Å². The van der Waals surface area contributed by atoms with Gasteiger partial charge < -0.3 is 10.6 Å². The van der Waals surface area contributed by atoms with E-state index in [0.717, 1.165) is 0 Å². The van der Waals surface area contributed by atoms with Gasteiger partial charge in [-0.1, -0.05) is 34.8 Å². The summed E-state index contributed by atoms with van der Waals surface area (Å²) < 4.78 is 1.44. The summed E-state index contributed by atoms with van der Waals surface area (Å²) in [7, 11) is 0. The highest BCUT2D eigenvalue weighted by atomic mass is 35.5. The SMILES string of the molecule is C[C@H](NC(=O)Nc1ccc(Cl)c(Cl)c1Cl)c1ncnn1-c1ncccn1. The average Bonchev–Trinajstić information content (AvgIpc) is 3.13. The van der Waals surface area contributed by atoms with E-state index in [4.69, 9.17) is 34.8 Å². The van der Waals surface area contributed by atoms with Gasteiger partial charge >= 0.3 is 6.03 Å². The fourth-order valence-electron chi connectivity index (χ4n) is 2.14. The van der Waals surface area contributed by atoms with Gasteiger partial charge in [0.05, 0.1) is 26.8 Å². The van der Waals surface area contributed by atoms with Crippen molar-refractivity contribution in [2.24, 2.45) is 0 Å². The van der Waals surface area contributed by atoms with Crippen molar-refractivity contribution in [2.75, 3.05) is 5.32 Å². The van der Waals surface area contributed by atoms with Crippen molar-refractivity contribution in [2.45, 2.75) is 13.0 Å². The van der Waals surface area contributed by atoms with Crippen LogP contribution >= 0.6 is 34.8 Å². The minimum atomic E-state index is -0.499. The van der Waals surface area contributed by atoms with Crippen LogP contribution in [0.4, 0.5) is 10.5 Å². The molecule has 2 N–H and O–H groups in total. The monoisotopic (exact) mass is 411 g/mol. The zero-order valence-electron chi connectivity index (χ0n) is 13.3. The molecule has 2 aromatic heterocycles. The van der Waals surface area contributed by atoms with Crippen molar-refractivity contribution >= 4 is 46.5 Å². The first-order valence-corrected chi connectivity index (χ1v) is 8.49. The third-order valence-corrected chi connectivity index (χ3v) is 4.63. The van der Waals surface area contributed by atoms with Crippen molar-refractivity contribution in [1.29, 1.82) is 0 Å². The molecule has 0 spiro atoms. The first kappa shape index (κ1) is 18.4. The number of hydrogen-bond donors (Lipinski definition) is 2. The number of nitrogens with zero attached hydrogens (tertiary/aromatic N) is 5. The number of anilines is 1. The second-order valence-corrected chi connectivity index (χ2v) is 6.29. The largest absolute Gasteiger partial charge is 0.328 e. The van der Waals surface area contributed by atoms with Crippen molar-refractivity contribution in [3.05, 3.63) is 57.8 Å². The van der Waals surface area contributed by atoms with E-state index in [2.05, 4.69) is 30.7 Å². The number of hydrogen-bond acceptors (Lipinski definition) is 5. The number of nitrogens with one attached hydrogen (secondary N) is 2. The van der Waals surface area contributed by atoms with Gasteiger partial charge in [0.25, 0.3) is 5.95 Å². The third kappa shape index (κ3) is 3.87. The Bertz CT molecular complexity index is 932. The molecule has 3 rings (SSSR count). The first-order valence-electron chi connectivity index (χ1n) is 7.35. The number of carbonyl (C=O) groups excluding carboxylic acids is 1. The van der Waals surface area contributed by atoms with Crippen LogP contribution in [0.1, 0.15) is 18.8 Å². The Labute approximate surface area is 163 Å². The van der Waals surface area contributed by atoms with E-state index in [9.17, 15) is 4.79 Å². The van der Waals surface area contributed by atoms with E-state index in [1.165, 1.54) is 17.1 Å². The van der Waals surface area contributed by atoms with Crippen LogP contribution in [0.3, 0.4) is 0 Å². The summed E-state index contributed by atoms with van der Waals surface area (Å²) in [6.45, 7) is 1.75. The molecule has 3 aromatic rings.